The normalized spacial score (nSPS) is 11.3. The number of hydrogen-bond donors (Lipinski definition) is 2. The number of carbonyl (C=O) groups is 2. The van der Waals surface area contributed by atoms with E-state index in [0.717, 1.165) is 0 Å². The van der Waals surface area contributed by atoms with Crippen LogP contribution in [0.2, 0.25) is 0 Å². The zero-order valence-corrected chi connectivity index (χ0v) is 14.7. The molecule has 0 bridgehead atoms. The van der Waals surface area contributed by atoms with Crippen LogP contribution in [0.5, 0.6) is 0 Å². The average Bonchev–Trinajstić information content (AvgIpc) is 2.53. The maximum absolute atomic E-state index is 12.3. The van der Waals surface area contributed by atoms with E-state index in [9.17, 15) is 9.59 Å². The standard InChI is InChI=1S/C16H25N3O3.ClH/c1-4-19(5-2)16(21)12-7-6-8-13(9-12)18-15(20)10-14(11-17)22-3;/h6-9,14H,4-5,10-11,17H2,1-3H3,(H,18,20);1H. The van der Waals surface area contributed by atoms with Crippen molar-refractivity contribution in [3.8, 4) is 0 Å². The molecule has 1 aromatic rings. The van der Waals surface area contributed by atoms with E-state index >= 15 is 0 Å². The van der Waals surface area contributed by atoms with Gasteiger partial charge >= 0.3 is 0 Å². The fourth-order valence-electron chi connectivity index (χ4n) is 2.11. The van der Waals surface area contributed by atoms with Crippen molar-refractivity contribution >= 4 is 29.9 Å². The highest BCUT2D eigenvalue weighted by atomic mass is 35.5. The van der Waals surface area contributed by atoms with Gasteiger partial charge in [-0.05, 0) is 32.0 Å². The van der Waals surface area contributed by atoms with Gasteiger partial charge in [0.1, 0.15) is 0 Å². The molecular weight excluding hydrogens is 318 g/mol. The summed E-state index contributed by atoms with van der Waals surface area (Å²) in [7, 11) is 1.52. The molecule has 0 radical (unpaired) electrons. The Hall–Kier alpha value is -1.63. The van der Waals surface area contributed by atoms with Crippen molar-refractivity contribution in [3.63, 3.8) is 0 Å². The van der Waals surface area contributed by atoms with Crippen molar-refractivity contribution in [2.45, 2.75) is 26.4 Å². The molecule has 7 heteroatoms. The van der Waals surface area contributed by atoms with Gasteiger partial charge in [0.2, 0.25) is 5.91 Å². The number of hydrogen-bond acceptors (Lipinski definition) is 4. The summed E-state index contributed by atoms with van der Waals surface area (Å²) in [6.45, 7) is 5.45. The van der Waals surface area contributed by atoms with E-state index in [1.165, 1.54) is 7.11 Å². The predicted octanol–water partition coefficient (Wildman–Crippen LogP) is 1.89. The number of nitrogens with one attached hydrogen (secondary N) is 1. The summed E-state index contributed by atoms with van der Waals surface area (Å²) >= 11 is 0. The first-order valence-electron chi connectivity index (χ1n) is 7.47. The van der Waals surface area contributed by atoms with Crippen molar-refractivity contribution in [2.75, 3.05) is 32.1 Å². The van der Waals surface area contributed by atoms with Crippen molar-refractivity contribution in [3.05, 3.63) is 29.8 Å². The van der Waals surface area contributed by atoms with Gasteiger partial charge in [-0.2, -0.15) is 0 Å². The van der Waals surface area contributed by atoms with Gasteiger partial charge in [-0.3, -0.25) is 9.59 Å². The molecule has 1 atom stereocenters. The Morgan fingerprint density at radius 2 is 1.96 bits per heavy atom. The average molecular weight is 344 g/mol. The topological polar surface area (TPSA) is 84.7 Å². The van der Waals surface area contributed by atoms with Crippen LogP contribution in [-0.4, -0.2) is 49.6 Å². The Morgan fingerprint density at radius 1 is 1.30 bits per heavy atom. The van der Waals surface area contributed by atoms with Gasteiger partial charge in [-0.15, -0.1) is 12.4 Å². The van der Waals surface area contributed by atoms with Gasteiger partial charge in [-0.25, -0.2) is 0 Å². The highest BCUT2D eigenvalue weighted by Gasteiger charge is 2.14. The molecule has 2 amide bonds. The van der Waals surface area contributed by atoms with E-state index in [-0.39, 0.29) is 43.3 Å². The zero-order valence-electron chi connectivity index (χ0n) is 13.9. The Labute approximate surface area is 143 Å². The van der Waals surface area contributed by atoms with Crippen LogP contribution in [-0.2, 0) is 9.53 Å². The number of nitrogens with two attached hydrogens (primary N) is 1. The number of methoxy groups -OCH3 is 1. The van der Waals surface area contributed by atoms with Crippen LogP contribution in [0, 0.1) is 0 Å². The van der Waals surface area contributed by atoms with Gasteiger partial charge in [0.15, 0.2) is 0 Å². The number of halogens is 1. The molecule has 1 unspecified atom stereocenters. The summed E-state index contributed by atoms with van der Waals surface area (Å²) < 4.78 is 5.08. The lowest BCUT2D eigenvalue weighted by molar-refractivity contribution is -0.118. The minimum absolute atomic E-state index is 0. The van der Waals surface area contributed by atoms with E-state index in [2.05, 4.69) is 5.32 Å². The number of ether oxygens (including phenoxy) is 1. The number of carbonyl (C=O) groups excluding carboxylic acids is 2. The van der Waals surface area contributed by atoms with Crippen molar-refractivity contribution in [1.82, 2.24) is 4.90 Å². The maximum atomic E-state index is 12.3. The lowest BCUT2D eigenvalue weighted by atomic mass is 10.1. The molecule has 0 aliphatic heterocycles. The van der Waals surface area contributed by atoms with Crippen LogP contribution in [0.25, 0.3) is 0 Å². The molecule has 1 aromatic carbocycles. The van der Waals surface area contributed by atoms with Crippen LogP contribution in [0.3, 0.4) is 0 Å². The first-order valence-corrected chi connectivity index (χ1v) is 7.47. The molecule has 23 heavy (non-hydrogen) atoms. The minimum atomic E-state index is -0.305. The zero-order chi connectivity index (χ0) is 16.5. The molecule has 3 N–H and O–H groups in total. The Bertz CT molecular complexity index is 503. The highest BCUT2D eigenvalue weighted by molar-refractivity contribution is 5.97. The third kappa shape index (κ3) is 6.56. The number of amides is 2. The molecule has 130 valence electrons. The first kappa shape index (κ1) is 21.4. The summed E-state index contributed by atoms with van der Waals surface area (Å²) in [6, 6.07) is 6.93. The van der Waals surface area contributed by atoms with Crippen molar-refractivity contribution < 1.29 is 14.3 Å². The lowest BCUT2D eigenvalue weighted by Crippen LogP contribution is -2.30. The minimum Gasteiger partial charge on any atom is -0.380 e. The second kappa shape index (κ2) is 11.0. The lowest BCUT2D eigenvalue weighted by Gasteiger charge is -2.19. The smallest absolute Gasteiger partial charge is 0.253 e. The van der Waals surface area contributed by atoms with Gasteiger partial charge in [0.25, 0.3) is 5.91 Å². The molecule has 1 rings (SSSR count). The van der Waals surface area contributed by atoms with Gasteiger partial charge < -0.3 is 20.7 Å². The quantitative estimate of drug-likeness (QED) is 0.755. The molecule has 0 saturated heterocycles. The molecule has 0 saturated carbocycles. The molecule has 0 aliphatic rings. The molecule has 0 spiro atoms. The van der Waals surface area contributed by atoms with Crippen molar-refractivity contribution in [2.24, 2.45) is 5.73 Å². The second-order valence-corrected chi connectivity index (χ2v) is 4.90. The monoisotopic (exact) mass is 343 g/mol. The molecule has 0 heterocycles. The first-order chi connectivity index (χ1) is 10.5. The van der Waals surface area contributed by atoms with Crippen LogP contribution in [0.1, 0.15) is 30.6 Å². The fraction of sp³-hybridized carbons (Fsp3) is 0.500. The molecule has 0 aliphatic carbocycles. The number of anilines is 1. The van der Waals surface area contributed by atoms with Gasteiger partial charge in [0.05, 0.1) is 12.5 Å². The van der Waals surface area contributed by atoms with Crippen molar-refractivity contribution in [1.29, 1.82) is 0 Å². The third-order valence-electron chi connectivity index (χ3n) is 3.45. The van der Waals surface area contributed by atoms with E-state index in [4.69, 9.17) is 10.5 Å². The molecular formula is C16H26ClN3O3. The largest absolute Gasteiger partial charge is 0.380 e. The van der Waals surface area contributed by atoms with Crippen LogP contribution in [0.4, 0.5) is 5.69 Å². The predicted molar refractivity (Wildman–Crippen MR) is 94.0 cm³/mol. The van der Waals surface area contributed by atoms with Crippen LogP contribution in [0.15, 0.2) is 24.3 Å². The maximum Gasteiger partial charge on any atom is 0.253 e. The van der Waals surface area contributed by atoms with Gasteiger partial charge in [-0.1, -0.05) is 6.07 Å². The summed E-state index contributed by atoms with van der Waals surface area (Å²) in [4.78, 5) is 26.0. The SMILES string of the molecule is CCN(CC)C(=O)c1cccc(NC(=O)CC(CN)OC)c1.Cl. The Kier molecular flexibility index (Phi) is 10.2. The third-order valence-corrected chi connectivity index (χ3v) is 3.45. The molecule has 0 fully saturated rings. The Balaban J connectivity index is 0.00000484. The van der Waals surface area contributed by atoms with E-state index in [1.807, 2.05) is 13.8 Å². The number of rotatable bonds is 8. The molecule has 6 nitrogen and oxygen atoms in total. The molecule has 0 aromatic heterocycles. The highest BCUT2D eigenvalue weighted by Crippen LogP contribution is 2.13. The summed E-state index contributed by atoms with van der Waals surface area (Å²) in [5.74, 6) is -0.234. The summed E-state index contributed by atoms with van der Waals surface area (Å²) in [5, 5.41) is 2.77. The number of nitrogens with zero attached hydrogens (tertiary/aromatic N) is 1. The van der Waals surface area contributed by atoms with E-state index < -0.39 is 0 Å². The van der Waals surface area contributed by atoms with Gasteiger partial charge in [0, 0.05) is 38.0 Å². The van der Waals surface area contributed by atoms with E-state index in [1.54, 1.807) is 29.2 Å². The summed E-state index contributed by atoms with van der Waals surface area (Å²) in [6.07, 6.45) is -0.123. The fourth-order valence-corrected chi connectivity index (χ4v) is 2.11. The summed E-state index contributed by atoms with van der Waals surface area (Å²) in [5.41, 5.74) is 6.65. The van der Waals surface area contributed by atoms with E-state index in [0.29, 0.717) is 24.3 Å². The van der Waals surface area contributed by atoms with Crippen LogP contribution >= 0.6 is 12.4 Å². The van der Waals surface area contributed by atoms with Crippen LogP contribution < -0.4 is 11.1 Å². The Morgan fingerprint density at radius 3 is 2.48 bits per heavy atom. The second-order valence-electron chi connectivity index (χ2n) is 4.90. The number of benzene rings is 1.